The van der Waals surface area contributed by atoms with Crippen LogP contribution in [-0.2, 0) is 20.9 Å². The Morgan fingerprint density at radius 3 is 2.15 bits per heavy atom. The van der Waals surface area contributed by atoms with Gasteiger partial charge in [0.05, 0.1) is 30.9 Å². The van der Waals surface area contributed by atoms with Crippen LogP contribution < -0.4 is 0 Å². The zero-order valence-electron chi connectivity index (χ0n) is 14.3. The highest BCUT2D eigenvalue weighted by Crippen LogP contribution is 2.17. The van der Waals surface area contributed by atoms with Crippen LogP contribution in [0.5, 0.6) is 0 Å². The summed E-state index contributed by atoms with van der Waals surface area (Å²) >= 11 is 0. The van der Waals surface area contributed by atoms with E-state index in [9.17, 15) is 0 Å². The minimum absolute atomic E-state index is 0.540. The number of piperidine rings is 1. The molecule has 1 aromatic rings. The highest BCUT2D eigenvalue weighted by atomic mass is 16.5. The van der Waals surface area contributed by atoms with Crippen molar-refractivity contribution >= 4 is 11.9 Å². The first-order valence-electron chi connectivity index (χ1n) is 8.08. The predicted octanol–water partition coefficient (Wildman–Crippen LogP) is 1.47. The summed E-state index contributed by atoms with van der Waals surface area (Å²) in [5.41, 5.74) is 1.78. The number of carboxylic acid groups (broad SMARTS) is 2. The third-order valence-electron chi connectivity index (χ3n) is 3.89. The first-order chi connectivity index (χ1) is 12.5. The van der Waals surface area contributed by atoms with Crippen molar-refractivity contribution in [3.8, 4) is 12.1 Å². The fraction of sp³-hybridized carbons (Fsp3) is 0.444. The zero-order chi connectivity index (χ0) is 19.4. The summed E-state index contributed by atoms with van der Waals surface area (Å²) in [6, 6.07) is 11.8. The minimum atomic E-state index is -1.82. The molecule has 26 heavy (non-hydrogen) atoms. The molecule has 1 aliphatic rings. The van der Waals surface area contributed by atoms with Gasteiger partial charge in [0.2, 0.25) is 0 Å². The second kappa shape index (κ2) is 11.6. The van der Waals surface area contributed by atoms with Crippen LogP contribution >= 0.6 is 0 Å². The van der Waals surface area contributed by atoms with Gasteiger partial charge < -0.3 is 14.9 Å². The first kappa shape index (κ1) is 21.1. The summed E-state index contributed by atoms with van der Waals surface area (Å²) in [6.45, 7) is 3.92. The van der Waals surface area contributed by atoms with Gasteiger partial charge in [-0.2, -0.15) is 10.5 Å². The molecule has 0 aromatic heterocycles. The lowest BCUT2D eigenvalue weighted by Crippen LogP contribution is -2.35. The number of nitriles is 2. The number of nitrogens with zero attached hydrogens (tertiary/aromatic N) is 3. The van der Waals surface area contributed by atoms with E-state index in [0.717, 1.165) is 38.1 Å². The smallest absolute Gasteiger partial charge is 0.414 e. The van der Waals surface area contributed by atoms with E-state index in [0.29, 0.717) is 24.6 Å². The Kier molecular flexibility index (Phi) is 9.40. The van der Waals surface area contributed by atoms with Crippen LogP contribution in [0.3, 0.4) is 0 Å². The SMILES string of the molecule is N#CCN1CCC(COCc2ccc(C#N)cc2)CC1.O=C(O)C(=O)O. The van der Waals surface area contributed by atoms with Crippen LogP contribution in [0.2, 0.25) is 0 Å². The fourth-order valence-corrected chi connectivity index (χ4v) is 2.43. The molecule has 2 N–H and O–H groups in total. The second-order valence-electron chi connectivity index (χ2n) is 5.81. The van der Waals surface area contributed by atoms with E-state index in [2.05, 4.69) is 17.0 Å². The molecule has 1 aromatic carbocycles. The maximum atomic E-state index is 9.10. The highest BCUT2D eigenvalue weighted by Gasteiger charge is 2.18. The molecule has 0 atom stereocenters. The predicted molar refractivity (Wildman–Crippen MR) is 90.9 cm³/mol. The number of likely N-dealkylation sites (tertiary alicyclic amines) is 1. The van der Waals surface area contributed by atoms with Gasteiger partial charge in [-0.1, -0.05) is 12.1 Å². The fourth-order valence-electron chi connectivity index (χ4n) is 2.43. The number of carboxylic acids is 2. The van der Waals surface area contributed by atoms with E-state index in [1.54, 1.807) is 0 Å². The van der Waals surface area contributed by atoms with Crippen molar-refractivity contribution in [3.05, 3.63) is 35.4 Å². The van der Waals surface area contributed by atoms with Gasteiger partial charge in [-0.15, -0.1) is 0 Å². The third-order valence-corrected chi connectivity index (χ3v) is 3.89. The second-order valence-corrected chi connectivity index (χ2v) is 5.81. The van der Waals surface area contributed by atoms with E-state index in [1.807, 2.05) is 24.3 Å². The van der Waals surface area contributed by atoms with Crippen molar-refractivity contribution in [2.45, 2.75) is 19.4 Å². The van der Waals surface area contributed by atoms with Gasteiger partial charge in [0, 0.05) is 6.61 Å². The molecule has 0 saturated carbocycles. The molecule has 0 amide bonds. The largest absolute Gasteiger partial charge is 0.473 e. The number of rotatable bonds is 5. The third kappa shape index (κ3) is 8.25. The van der Waals surface area contributed by atoms with Crippen LogP contribution in [0.4, 0.5) is 0 Å². The van der Waals surface area contributed by atoms with Gasteiger partial charge in [0.1, 0.15) is 0 Å². The van der Waals surface area contributed by atoms with Crippen molar-refractivity contribution < 1.29 is 24.5 Å². The monoisotopic (exact) mass is 359 g/mol. The molecule has 0 spiro atoms. The Balaban J connectivity index is 0.000000487. The topological polar surface area (TPSA) is 135 Å². The molecular weight excluding hydrogens is 338 g/mol. The van der Waals surface area contributed by atoms with E-state index in [4.69, 9.17) is 35.1 Å². The number of benzene rings is 1. The molecule has 1 fully saturated rings. The summed E-state index contributed by atoms with van der Waals surface area (Å²) in [4.78, 5) is 20.4. The van der Waals surface area contributed by atoms with Gasteiger partial charge in [-0.05, 0) is 49.5 Å². The van der Waals surface area contributed by atoms with Crippen molar-refractivity contribution in [1.82, 2.24) is 4.90 Å². The Morgan fingerprint density at radius 1 is 1.12 bits per heavy atom. The minimum Gasteiger partial charge on any atom is -0.473 e. The summed E-state index contributed by atoms with van der Waals surface area (Å²) in [7, 11) is 0. The molecule has 1 aliphatic heterocycles. The summed E-state index contributed by atoms with van der Waals surface area (Å²) < 4.78 is 5.76. The summed E-state index contributed by atoms with van der Waals surface area (Å²) in [5, 5.41) is 32.2. The van der Waals surface area contributed by atoms with Crippen LogP contribution in [0, 0.1) is 28.6 Å². The molecule has 138 valence electrons. The zero-order valence-corrected chi connectivity index (χ0v) is 14.3. The van der Waals surface area contributed by atoms with E-state index in [-0.39, 0.29) is 0 Å². The molecule has 8 heteroatoms. The highest BCUT2D eigenvalue weighted by molar-refractivity contribution is 6.27. The number of hydrogen-bond acceptors (Lipinski definition) is 6. The van der Waals surface area contributed by atoms with Crippen molar-refractivity contribution in [2.75, 3.05) is 26.2 Å². The van der Waals surface area contributed by atoms with Gasteiger partial charge >= 0.3 is 11.9 Å². The van der Waals surface area contributed by atoms with Gasteiger partial charge in [-0.25, -0.2) is 9.59 Å². The van der Waals surface area contributed by atoms with Crippen LogP contribution in [-0.4, -0.2) is 53.3 Å². The lowest BCUT2D eigenvalue weighted by Gasteiger charge is -2.29. The Hall–Kier alpha value is -2.94. The molecular formula is C18H21N3O5. The molecule has 1 saturated heterocycles. The summed E-state index contributed by atoms with van der Waals surface area (Å²) in [6.07, 6.45) is 2.21. The number of hydrogen-bond donors (Lipinski definition) is 2. The van der Waals surface area contributed by atoms with Crippen molar-refractivity contribution in [1.29, 1.82) is 10.5 Å². The average Bonchev–Trinajstić information content (AvgIpc) is 2.64. The van der Waals surface area contributed by atoms with Crippen LogP contribution in [0.25, 0.3) is 0 Å². The molecule has 2 rings (SSSR count). The number of ether oxygens (including phenoxy) is 1. The van der Waals surface area contributed by atoms with E-state index >= 15 is 0 Å². The molecule has 0 unspecified atom stereocenters. The van der Waals surface area contributed by atoms with Crippen molar-refractivity contribution in [2.24, 2.45) is 5.92 Å². The lowest BCUT2D eigenvalue weighted by molar-refractivity contribution is -0.159. The molecule has 0 bridgehead atoms. The van der Waals surface area contributed by atoms with Gasteiger partial charge in [-0.3, -0.25) is 4.90 Å². The molecule has 0 aliphatic carbocycles. The Morgan fingerprint density at radius 2 is 1.69 bits per heavy atom. The van der Waals surface area contributed by atoms with E-state index < -0.39 is 11.9 Å². The molecule has 0 radical (unpaired) electrons. The van der Waals surface area contributed by atoms with Crippen molar-refractivity contribution in [3.63, 3.8) is 0 Å². The lowest BCUT2D eigenvalue weighted by atomic mass is 9.98. The maximum absolute atomic E-state index is 9.10. The van der Waals surface area contributed by atoms with Gasteiger partial charge in [0.15, 0.2) is 0 Å². The van der Waals surface area contributed by atoms with Crippen LogP contribution in [0.1, 0.15) is 24.0 Å². The van der Waals surface area contributed by atoms with Gasteiger partial charge in [0.25, 0.3) is 0 Å². The summed E-state index contributed by atoms with van der Waals surface area (Å²) in [5.74, 6) is -3.05. The quantitative estimate of drug-likeness (QED) is 0.596. The Bertz CT molecular complexity index is 656. The first-order valence-corrected chi connectivity index (χ1v) is 8.08. The molecule has 1 heterocycles. The van der Waals surface area contributed by atoms with Crippen LogP contribution in [0.15, 0.2) is 24.3 Å². The standard InChI is InChI=1S/C16H19N3O.C2H2O4/c17-7-10-19-8-5-16(6-9-19)13-20-12-15-3-1-14(11-18)2-4-15;3-1(4)2(5)6/h1-4,16H,5-6,8-10,12-13H2;(H,3,4)(H,5,6). The normalized spacial score (nSPS) is 14.4. The molecule has 8 nitrogen and oxygen atoms in total. The van der Waals surface area contributed by atoms with E-state index in [1.165, 1.54) is 0 Å². The Labute approximate surface area is 151 Å². The number of aliphatic carboxylic acids is 2. The average molecular weight is 359 g/mol. The number of carbonyl (C=O) groups is 2. The maximum Gasteiger partial charge on any atom is 0.414 e.